The van der Waals surface area contributed by atoms with E-state index in [1.165, 1.54) is 6.42 Å². The van der Waals surface area contributed by atoms with Crippen molar-refractivity contribution in [2.75, 3.05) is 12.9 Å². The van der Waals surface area contributed by atoms with Gasteiger partial charge in [0, 0.05) is 29.2 Å². The lowest BCUT2D eigenvalue weighted by atomic mass is 9.94. The lowest BCUT2D eigenvalue weighted by molar-refractivity contribution is -0.139. The van der Waals surface area contributed by atoms with Crippen molar-refractivity contribution >= 4 is 39.5 Å². The van der Waals surface area contributed by atoms with E-state index < -0.39 is 6.04 Å². The predicted octanol–water partition coefficient (Wildman–Crippen LogP) is 6.78. The van der Waals surface area contributed by atoms with Crippen LogP contribution in [0.5, 0.6) is 5.75 Å². The van der Waals surface area contributed by atoms with Crippen molar-refractivity contribution in [2.24, 2.45) is 0 Å². The average molecular weight is 610 g/mol. The number of carbonyl (C=O) groups is 2. The molecule has 4 rings (SSSR count). The minimum atomic E-state index is -0.610. The van der Waals surface area contributed by atoms with Crippen LogP contribution in [0.15, 0.2) is 83.3 Å². The molecular formula is C32H37BrN2O3S. The molecule has 0 bridgehead atoms. The van der Waals surface area contributed by atoms with Gasteiger partial charge in [-0.2, -0.15) is 0 Å². The fraction of sp³-hybridized carbons (Fsp3) is 0.375. The van der Waals surface area contributed by atoms with Gasteiger partial charge in [-0.1, -0.05) is 89.8 Å². The van der Waals surface area contributed by atoms with Crippen LogP contribution in [0.4, 0.5) is 0 Å². The lowest BCUT2D eigenvalue weighted by Crippen LogP contribution is -2.53. The first-order valence-electron chi connectivity index (χ1n) is 13.6. The van der Waals surface area contributed by atoms with Gasteiger partial charge in [0.2, 0.25) is 11.8 Å². The Morgan fingerprint density at radius 1 is 0.949 bits per heavy atom. The molecule has 39 heavy (non-hydrogen) atoms. The molecule has 0 spiro atoms. The number of hydrogen-bond acceptors (Lipinski definition) is 4. The summed E-state index contributed by atoms with van der Waals surface area (Å²) in [6.07, 6.45) is 5.94. The number of amides is 2. The molecule has 206 valence electrons. The second-order valence-electron chi connectivity index (χ2n) is 10.0. The van der Waals surface area contributed by atoms with E-state index in [1.807, 2.05) is 66.7 Å². The van der Waals surface area contributed by atoms with Crippen molar-refractivity contribution in [3.8, 4) is 5.75 Å². The van der Waals surface area contributed by atoms with Crippen molar-refractivity contribution in [2.45, 2.75) is 62.9 Å². The summed E-state index contributed by atoms with van der Waals surface area (Å²) >= 11 is 5.05. The SMILES string of the molecule is COc1cccc(CN(C(=O)CSCc2ccc(Br)cc2)[C@@H](Cc2ccccc2)C(=O)NC2CCCCC2)c1. The molecule has 2 amide bonds. The van der Waals surface area contributed by atoms with Gasteiger partial charge >= 0.3 is 0 Å². The molecule has 3 aromatic rings. The first kappa shape index (κ1) is 29.2. The molecule has 0 aliphatic heterocycles. The maximum absolute atomic E-state index is 13.9. The molecule has 1 aliphatic rings. The van der Waals surface area contributed by atoms with Gasteiger partial charge in [-0.25, -0.2) is 0 Å². The highest BCUT2D eigenvalue weighted by atomic mass is 79.9. The molecule has 3 aromatic carbocycles. The van der Waals surface area contributed by atoms with E-state index in [0.717, 1.165) is 58.3 Å². The van der Waals surface area contributed by atoms with Crippen molar-refractivity contribution in [1.82, 2.24) is 10.2 Å². The van der Waals surface area contributed by atoms with Crippen LogP contribution in [0.2, 0.25) is 0 Å². The molecule has 0 unspecified atom stereocenters. The molecule has 1 atom stereocenters. The highest BCUT2D eigenvalue weighted by molar-refractivity contribution is 9.10. The Labute approximate surface area is 244 Å². The number of nitrogens with one attached hydrogen (secondary N) is 1. The molecule has 0 saturated heterocycles. The quantitative estimate of drug-likeness (QED) is 0.246. The topological polar surface area (TPSA) is 58.6 Å². The van der Waals surface area contributed by atoms with Crippen molar-refractivity contribution in [3.63, 3.8) is 0 Å². The van der Waals surface area contributed by atoms with E-state index in [2.05, 4.69) is 33.4 Å². The summed E-state index contributed by atoms with van der Waals surface area (Å²) in [4.78, 5) is 29.5. The van der Waals surface area contributed by atoms with Crippen LogP contribution in [0.25, 0.3) is 0 Å². The standard InChI is InChI=1S/C32H37BrN2O3S/c1-38-29-14-8-11-26(19-29)21-35(31(36)23-39-22-25-15-17-27(33)18-16-25)30(20-24-9-4-2-5-10-24)32(37)34-28-12-6-3-7-13-28/h2,4-5,8-11,14-19,28,30H,3,6-7,12-13,20-23H2,1H3,(H,34,37)/t30-/m0/s1. The summed E-state index contributed by atoms with van der Waals surface area (Å²) < 4.78 is 6.47. The molecule has 0 aromatic heterocycles. The number of ether oxygens (including phenoxy) is 1. The molecule has 5 nitrogen and oxygen atoms in total. The van der Waals surface area contributed by atoms with Gasteiger partial charge in [0.05, 0.1) is 12.9 Å². The van der Waals surface area contributed by atoms with E-state index in [9.17, 15) is 9.59 Å². The zero-order valence-corrected chi connectivity index (χ0v) is 24.9. The second-order valence-corrected chi connectivity index (χ2v) is 11.9. The molecule has 0 heterocycles. The van der Waals surface area contributed by atoms with Gasteiger partial charge in [0.15, 0.2) is 0 Å². The lowest BCUT2D eigenvalue weighted by Gasteiger charge is -2.33. The Balaban J connectivity index is 1.57. The predicted molar refractivity (Wildman–Crippen MR) is 163 cm³/mol. The summed E-state index contributed by atoms with van der Waals surface area (Å²) in [5, 5.41) is 3.30. The number of thioether (sulfide) groups is 1. The Hall–Kier alpha value is -2.77. The van der Waals surface area contributed by atoms with Gasteiger partial charge in [-0.15, -0.1) is 11.8 Å². The van der Waals surface area contributed by atoms with Crippen LogP contribution in [0, 0.1) is 0 Å². The van der Waals surface area contributed by atoms with E-state index in [-0.39, 0.29) is 17.9 Å². The largest absolute Gasteiger partial charge is 0.497 e. The van der Waals surface area contributed by atoms with Crippen LogP contribution in [-0.2, 0) is 28.3 Å². The highest BCUT2D eigenvalue weighted by Gasteiger charge is 2.32. The zero-order chi connectivity index (χ0) is 27.5. The zero-order valence-electron chi connectivity index (χ0n) is 22.5. The number of nitrogens with zero attached hydrogens (tertiary/aromatic N) is 1. The maximum Gasteiger partial charge on any atom is 0.243 e. The molecule has 1 fully saturated rings. The molecule has 1 aliphatic carbocycles. The highest BCUT2D eigenvalue weighted by Crippen LogP contribution is 2.23. The number of hydrogen-bond donors (Lipinski definition) is 1. The summed E-state index contributed by atoms with van der Waals surface area (Å²) in [6.45, 7) is 0.338. The number of methoxy groups -OCH3 is 1. The van der Waals surface area contributed by atoms with Gasteiger partial charge in [-0.05, 0) is 53.8 Å². The van der Waals surface area contributed by atoms with E-state index in [4.69, 9.17) is 4.74 Å². The summed E-state index contributed by atoms with van der Waals surface area (Å²) in [5.41, 5.74) is 3.13. The van der Waals surface area contributed by atoms with E-state index >= 15 is 0 Å². The van der Waals surface area contributed by atoms with E-state index in [1.54, 1.807) is 23.8 Å². The molecule has 1 saturated carbocycles. The number of carbonyl (C=O) groups excluding carboxylic acids is 2. The summed E-state index contributed by atoms with van der Waals surface area (Å²) in [6, 6.07) is 25.4. The first-order valence-corrected chi connectivity index (χ1v) is 15.6. The van der Waals surface area contributed by atoms with Crippen molar-refractivity contribution < 1.29 is 14.3 Å². The Kier molecular flexibility index (Phi) is 11.3. The Morgan fingerprint density at radius 2 is 1.67 bits per heavy atom. The minimum Gasteiger partial charge on any atom is -0.497 e. The van der Waals surface area contributed by atoms with Crippen LogP contribution in [-0.4, -0.2) is 41.7 Å². The molecular weight excluding hydrogens is 572 g/mol. The van der Waals surface area contributed by atoms with E-state index in [0.29, 0.717) is 18.7 Å². The van der Waals surface area contributed by atoms with Gasteiger partial charge < -0.3 is 15.0 Å². The van der Waals surface area contributed by atoms with Crippen LogP contribution < -0.4 is 10.1 Å². The smallest absolute Gasteiger partial charge is 0.243 e. The number of benzene rings is 3. The fourth-order valence-corrected chi connectivity index (χ4v) is 6.12. The van der Waals surface area contributed by atoms with Crippen molar-refractivity contribution in [1.29, 1.82) is 0 Å². The third-order valence-electron chi connectivity index (χ3n) is 7.12. The molecule has 7 heteroatoms. The van der Waals surface area contributed by atoms with Crippen LogP contribution >= 0.6 is 27.7 Å². The molecule has 0 radical (unpaired) electrons. The summed E-state index contributed by atoms with van der Waals surface area (Å²) in [7, 11) is 1.64. The number of halogens is 1. The van der Waals surface area contributed by atoms with Gasteiger partial charge in [0.1, 0.15) is 11.8 Å². The molecule has 1 N–H and O–H groups in total. The third kappa shape index (κ3) is 9.14. The summed E-state index contributed by atoms with van der Waals surface area (Å²) in [5.74, 6) is 1.64. The van der Waals surface area contributed by atoms with Crippen LogP contribution in [0.1, 0.15) is 48.8 Å². The Bertz CT molecular complexity index is 1200. The number of rotatable bonds is 12. The minimum absolute atomic E-state index is 0.0420. The van der Waals surface area contributed by atoms with Gasteiger partial charge in [0.25, 0.3) is 0 Å². The van der Waals surface area contributed by atoms with Crippen molar-refractivity contribution in [3.05, 3.63) is 100 Å². The third-order valence-corrected chi connectivity index (χ3v) is 8.63. The first-order chi connectivity index (χ1) is 19.0. The average Bonchev–Trinajstić information content (AvgIpc) is 2.97. The normalized spacial score (nSPS) is 14.4. The monoisotopic (exact) mass is 608 g/mol. The van der Waals surface area contributed by atoms with Crippen LogP contribution in [0.3, 0.4) is 0 Å². The maximum atomic E-state index is 13.9. The van der Waals surface area contributed by atoms with Gasteiger partial charge in [-0.3, -0.25) is 9.59 Å². The fourth-order valence-electron chi connectivity index (χ4n) is 4.99. The Morgan fingerprint density at radius 3 is 2.38 bits per heavy atom. The second kappa shape index (κ2) is 15.1.